The maximum atomic E-state index is 12.9. The Morgan fingerprint density at radius 1 is 0.844 bits per heavy atom. The maximum absolute atomic E-state index is 12.9. The van der Waals surface area contributed by atoms with Gasteiger partial charge in [0.15, 0.2) is 18.1 Å². The number of hydrogen-bond donors (Lipinski definition) is 1. The van der Waals surface area contributed by atoms with Crippen LogP contribution in [-0.4, -0.2) is 60.2 Å². The Kier molecular flexibility index (Phi) is 13.0. The topological polar surface area (TPSA) is 135 Å². The first-order valence-electron chi connectivity index (χ1n) is 11.2. The predicted molar refractivity (Wildman–Crippen MR) is 115 cm³/mol. The third-order valence-corrected chi connectivity index (χ3v) is 6.55. The van der Waals surface area contributed by atoms with Crippen LogP contribution in [0, 0.1) is 0 Å². The van der Waals surface area contributed by atoms with Crippen LogP contribution in [0.3, 0.4) is 0 Å². The van der Waals surface area contributed by atoms with Gasteiger partial charge in [0.05, 0.1) is 6.61 Å². The average Bonchev–Trinajstić information content (AvgIpc) is 3.02. The lowest BCUT2D eigenvalue weighted by molar-refractivity contribution is -0.165. The molecule has 1 N–H and O–H groups in total. The fourth-order valence-electron chi connectivity index (χ4n) is 3.46. The number of hydrogen-bond acceptors (Lipinski definition) is 9. The molecule has 5 atom stereocenters. The summed E-state index contributed by atoms with van der Waals surface area (Å²) in [5, 5.41) is 0. The lowest BCUT2D eigenvalue weighted by Crippen LogP contribution is -2.41. The normalized spacial score (nSPS) is 24.5. The highest BCUT2D eigenvalue weighted by atomic mass is 31.2. The Hall–Kier alpha value is -1.48. The Bertz CT molecular complexity index is 652. The number of esters is 3. The minimum Gasteiger partial charge on any atom is -0.463 e. The first-order chi connectivity index (χ1) is 15.1. The number of carbonyl (C=O) groups is 3. The van der Waals surface area contributed by atoms with Crippen LogP contribution in [0.15, 0.2) is 0 Å². The van der Waals surface area contributed by atoms with Crippen molar-refractivity contribution >= 4 is 25.5 Å². The van der Waals surface area contributed by atoms with E-state index in [0.717, 1.165) is 33.1 Å². The van der Waals surface area contributed by atoms with E-state index in [0.29, 0.717) is 6.42 Å². The molecule has 0 aromatic rings. The zero-order chi connectivity index (χ0) is 24.1. The maximum Gasteiger partial charge on any atom is 0.360 e. The van der Waals surface area contributed by atoms with Gasteiger partial charge < -0.3 is 28.4 Å². The standard InChI is InChI=1S/C21H37O10P/c1-5-6-7-8-9-10-11-12-13-28-32(25,26)21-20(30-17(4)24)19(29-16(3)23)18(31-21)14-27-15(2)22/h18-21H,5-14H2,1-4H3,(H,25,26)/t18-,19-,20-,21+/m1/s1. The van der Waals surface area contributed by atoms with Crippen molar-refractivity contribution in [3.05, 3.63) is 0 Å². The fourth-order valence-corrected chi connectivity index (χ4v) is 4.91. The van der Waals surface area contributed by atoms with E-state index in [1.807, 2.05) is 0 Å². The zero-order valence-electron chi connectivity index (χ0n) is 19.4. The molecule has 0 aromatic carbocycles. The molecule has 0 saturated carbocycles. The third kappa shape index (κ3) is 10.4. The molecule has 1 unspecified atom stereocenters. The predicted octanol–water partition coefficient (Wildman–Crippen LogP) is 3.48. The molecular formula is C21H37O10P. The molecule has 1 rings (SSSR count). The second-order valence-electron chi connectivity index (χ2n) is 7.89. The van der Waals surface area contributed by atoms with Gasteiger partial charge in [-0.15, -0.1) is 0 Å². The summed E-state index contributed by atoms with van der Waals surface area (Å²) in [6.45, 7) is 5.28. The van der Waals surface area contributed by atoms with Gasteiger partial charge in [0.1, 0.15) is 12.7 Å². The minimum absolute atomic E-state index is 0.0300. The van der Waals surface area contributed by atoms with E-state index in [-0.39, 0.29) is 13.2 Å². The summed E-state index contributed by atoms with van der Waals surface area (Å²) < 4.78 is 38.9. The third-order valence-electron chi connectivity index (χ3n) is 4.94. The van der Waals surface area contributed by atoms with Crippen molar-refractivity contribution in [2.24, 2.45) is 0 Å². The first-order valence-corrected chi connectivity index (χ1v) is 12.8. The molecule has 0 spiro atoms. The highest BCUT2D eigenvalue weighted by Gasteiger charge is 2.57. The van der Waals surface area contributed by atoms with Gasteiger partial charge in [-0.05, 0) is 6.42 Å². The van der Waals surface area contributed by atoms with Crippen molar-refractivity contribution in [1.29, 1.82) is 0 Å². The lowest BCUT2D eigenvalue weighted by atomic mass is 10.1. The van der Waals surface area contributed by atoms with Crippen LogP contribution in [0.2, 0.25) is 0 Å². The Labute approximate surface area is 189 Å². The van der Waals surface area contributed by atoms with Crippen molar-refractivity contribution in [3.63, 3.8) is 0 Å². The zero-order valence-corrected chi connectivity index (χ0v) is 20.3. The van der Waals surface area contributed by atoms with Gasteiger partial charge in [-0.3, -0.25) is 18.9 Å². The number of carbonyl (C=O) groups excluding carboxylic acids is 3. The molecule has 1 aliphatic rings. The van der Waals surface area contributed by atoms with Crippen LogP contribution in [0.1, 0.15) is 79.1 Å². The quantitative estimate of drug-likeness (QED) is 0.161. The van der Waals surface area contributed by atoms with Crippen molar-refractivity contribution in [2.75, 3.05) is 13.2 Å². The smallest absolute Gasteiger partial charge is 0.360 e. The number of rotatable bonds is 15. The molecule has 10 nitrogen and oxygen atoms in total. The summed E-state index contributed by atoms with van der Waals surface area (Å²) in [5.74, 6) is -3.65. The van der Waals surface area contributed by atoms with Crippen LogP contribution in [0.4, 0.5) is 0 Å². The number of ether oxygens (including phenoxy) is 4. The monoisotopic (exact) mass is 480 g/mol. The Balaban J connectivity index is 2.72. The van der Waals surface area contributed by atoms with Gasteiger partial charge >= 0.3 is 25.5 Å². The van der Waals surface area contributed by atoms with Gasteiger partial charge in [-0.2, -0.15) is 0 Å². The van der Waals surface area contributed by atoms with Crippen LogP contribution in [0.5, 0.6) is 0 Å². The van der Waals surface area contributed by atoms with E-state index in [4.69, 9.17) is 23.5 Å². The van der Waals surface area contributed by atoms with Crippen LogP contribution < -0.4 is 0 Å². The van der Waals surface area contributed by atoms with Crippen molar-refractivity contribution in [3.8, 4) is 0 Å². The minimum atomic E-state index is -4.42. The highest BCUT2D eigenvalue weighted by Crippen LogP contribution is 2.54. The SMILES string of the molecule is CCCCCCCCCCOP(=O)(O)[C@@H]1O[C@H](COC(C)=O)[C@@H](OC(C)=O)[C@H]1OC(C)=O. The van der Waals surface area contributed by atoms with Crippen molar-refractivity contribution < 1.29 is 47.3 Å². The summed E-state index contributed by atoms with van der Waals surface area (Å²) >= 11 is 0. The Morgan fingerprint density at radius 3 is 1.91 bits per heavy atom. The molecule has 0 aromatic heterocycles. The van der Waals surface area contributed by atoms with Gasteiger partial charge in [-0.25, -0.2) is 0 Å². The Morgan fingerprint density at radius 2 is 1.38 bits per heavy atom. The van der Waals surface area contributed by atoms with E-state index in [2.05, 4.69) is 6.92 Å². The summed E-state index contributed by atoms with van der Waals surface area (Å²) in [5.41, 5.74) is 0. The second-order valence-corrected chi connectivity index (χ2v) is 9.78. The first kappa shape index (κ1) is 28.6. The average molecular weight is 480 g/mol. The van der Waals surface area contributed by atoms with Crippen LogP contribution >= 0.6 is 7.60 Å². The molecule has 1 heterocycles. The molecule has 0 radical (unpaired) electrons. The van der Waals surface area contributed by atoms with Crippen molar-refractivity contribution in [2.45, 2.75) is 103 Å². The molecule has 0 aliphatic carbocycles. The molecular weight excluding hydrogens is 443 g/mol. The summed E-state index contributed by atoms with van der Waals surface area (Å²) in [6.07, 6.45) is 4.68. The molecule has 11 heteroatoms. The van der Waals surface area contributed by atoms with Gasteiger partial charge in [0.2, 0.25) is 0 Å². The van der Waals surface area contributed by atoms with E-state index in [1.54, 1.807) is 0 Å². The van der Waals surface area contributed by atoms with E-state index < -0.39 is 49.7 Å². The molecule has 1 aliphatic heterocycles. The molecule has 32 heavy (non-hydrogen) atoms. The highest BCUT2D eigenvalue weighted by molar-refractivity contribution is 7.53. The molecule has 1 saturated heterocycles. The van der Waals surface area contributed by atoms with Gasteiger partial charge in [0, 0.05) is 20.8 Å². The van der Waals surface area contributed by atoms with E-state index in [9.17, 15) is 23.8 Å². The molecule has 1 fully saturated rings. The summed E-state index contributed by atoms with van der Waals surface area (Å²) in [4.78, 5) is 44.8. The lowest BCUT2D eigenvalue weighted by Gasteiger charge is -2.25. The van der Waals surface area contributed by atoms with Gasteiger partial charge in [0.25, 0.3) is 0 Å². The van der Waals surface area contributed by atoms with E-state index >= 15 is 0 Å². The summed E-state index contributed by atoms with van der Waals surface area (Å²) in [6, 6.07) is 0. The van der Waals surface area contributed by atoms with Crippen LogP contribution in [-0.2, 0) is 42.4 Å². The number of unbranched alkanes of at least 4 members (excludes halogenated alkanes) is 7. The summed E-state index contributed by atoms with van der Waals surface area (Å²) in [7, 11) is -4.42. The van der Waals surface area contributed by atoms with E-state index in [1.165, 1.54) is 32.6 Å². The molecule has 186 valence electrons. The van der Waals surface area contributed by atoms with Crippen molar-refractivity contribution in [1.82, 2.24) is 0 Å². The largest absolute Gasteiger partial charge is 0.463 e. The fraction of sp³-hybridized carbons (Fsp3) is 0.857. The van der Waals surface area contributed by atoms with Crippen LogP contribution in [0.25, 0.3) is 0 Å². The second kappa shape index (κ2) is 14.6. The molecule has 0 amide bonds. The van der Waals surface area contributed by atoms with Gasteiger partial charge in [-0.1, -0.05) is 51.9 Å². The molecule has 0 bridgehead atoms.